The average molecular weight is 268 g/mol. The molecule has 114 valence electrons. The van der Waals surface area contributed by atoms with Crippen LogP contribution in [0.15, 0.2) is 0 Å². The van der Waals surface area contributed by atoms with Gasteiger partial charge in [-0.3, -0.25) is 4.90 Å². The van der Waals surface area contributed by atoms with E-state index >= 15 is 0 Å². The third-order valence-electron chi connectivity index (χ3n) is 4.21. The van der Waals surface area contributed by atoms with Gasteiger partial charge in [-0.15, -0.1) is 0 Å². The van der Waals surface area contributed by atoms with Crippen LogP contribution in [0.1, 0.15) is 61.3 Å². The van der Waals surface area contributed by atoms with Gasteiger partial charge in [0.2, 0.25) is 0 Å². The van der Waals surface area contributed by atoms with Crippen LogP contribution < -0.4 is 5.32 Å². The lowest BCUT2D eigenvalue weighted by molar-refractivity contribution is 0.0809. The molecule has 0 saturated carbocycles. The summed E-state index contributed by atoms with van der Waals surface area (Å²) in [6.07, 6.45) is 2.60. The van der Waals surface area contributed by atoms with E-state index in [1.165, 1.54) is 32.5 Å². The molecule has 0 aromatic heterocycles. The van der Waals surface area contributed by atoms with Gasteiger partial charge in [0.15, 0.2) is 0 Å². The van der Waals surface area contributed by atoms with Gasteiger partial charge in [-0.05, 0) is 36.6 Å². The van der Waals surface area contributed by atoms with Crippen LogP contribution in [0.25, 0.3) is 0 Å². The monoisotopic (exact) mass is 268 g/mol. The maximum Gasteiger partial charge on any atom is 0.0244 e. The fourth-order valence-corrected chi connectivity index (χ4v) is 3.02. The molecule has 0 bridgehead atoms. The highest BCUT2D eigenvalue weighted by molar-refractivity contribution is 4.88. The Morgan fingerprint density at radius 1 is 1.16 bits per heavy atom. The van der Waals surface area contributed by atoms with Crippen LogP contribution in [-0.2, 0) is 0 Å². The zero-order valence-electron chi connectivity index (χ0n) is 14.3. The van der Waals surface area contributed by atoms with E-state index in [4.69, 9.17) is 0 Å². The molecule has 0 spiro atoms. The van der Waals surface area contributed by atoms with Crippen LogP contribution in [0, 0.1) is 17.3 Å². The van der Waals surface area contributed by atoms with Crippen LogP contribution in [-0.4, -0.2) is 36.6 Å². The Labute approximate surface area is 121 Å². The van der Waals surface area contributed by atoms with Gasteiger partial charge in [0.1, 0.15) is 0 Å². The molecular formula is C17H36N2. The Morgan fingerprint density at radius 2 is 1.79 bits per heavy atom. The van der Waals surface area contributed by atoms with Crippen LogP contribution in [0.2, 0.25) is 0 Å². The van der Waals surface area contributed by atoms with E-state index in [-0.39, 0.29) is 0 Å². The van der Waals surface area contributed by atoms with Gasteiger partial charge in [0.05, 0.1) is 0 Å². The van der Waals surface area contributed by atoms with E-state index in [0.717, 1.165) is 11.8 Å². The molecule has 1 rings (SSSR count). The van der Waals surface area contributed by atoms with Crippen LogP contribution in [0.4, 0.5) is 0 Å². The van der Waals surface area contributed by atoms with Crippen molar-refractivity contribution in [2.75, 3.05) is 19.6 Å². The summed E-state index contributed by atoms with van der Waals surface area (Å²) in [4.78, 5) is 2.75. The van der Waals surface area contributed by atoms with Crippen molar-refractivity contribution in [2.24, 2.45) is 17.3 Å². The van der Waals surface area contributed by atoms with Crippen molar-refractivity contribution < 1.29 is 0 Å². The molecule has 1 saturated heterocycles. The number of nitrogens with zero attached hydrogens (tertiary/aromatic N) is 1. The maximum atomic E-state index is 3.77. The summed E-state index contributed by atoms with van der Waals surface area (Å²) in [6.45, 7) is 20.1. The molecule has 2 nitrogen and oxygen atoms in total. The third-order valence-corrected chi connectivity index (χ3v) is 4.21. The molecule has 19 heavy (non-hydrogen) atoms. The molecule has 1 heterocycles. The second-order valence-electron chi connectivity index (χ2n) is 8.35. The molecule has 0 aliphatic carbocycles. The van der Waals surface area contributed by atoms with Crippen molar-refractivity contribution in [2.45, 2.75) is 73.4 Å². The highest BCUT2D eigenvalue weighted by Gasteiger charge is 2.30. The van der Waals surface area contributed by atoms with E-state index in [2.05, 4.69) is 58.7 Å². The summed E-state index contributed by atoms with van der Waals surface area (Å²) in [7, 11) is 0. The fourth-order valence-electron chi connectivity index (χ4n) is 3.02. The van der Waals surface area contributed by atoms with Gasteiger partial charge in [0, 0.05) is 25.2 Å². The molecular weight excluding hydrogens is 232 g/mol. The zero-order chi connectivity index (χ0) is 14.6. The smallest absolute Gasteiger partial charge is 0.0244 e. The van der Waals surface area contributed by atoms with Gasteiger partial charge >= 0.3 is 0 Å². The Morgan fingerprint density at radius 3 is 2.26 bits per heavy atom. The predicted molar refractivity (Wildman–Crippen MR) is 85.5 cm³/mol. The number of hydrogen-bond donors (Lipinski definition) is 1. The van der Waals surface area contributed by atoms with Crippen LogP contribution >= 0.6 is 0 Å². The van der Waals surface area contributed by atoms with E-state index in [0.29, 0.717) is 17.5 Å². The summed E-state index contributed by atoms with van der Waals surface area (Å²) in [5.41, 5.74) is 0.444. The molecule has 1 N–H and O–H groups in total. The number of nitrogens with one attached hydrogen (secondary N) is 1. The molecule has 0 amide bonds. The van der Waals surface area contributed by atoms with E-state index in [9.17, 15) is 0 Å². The predicted octanol–water partition coefficient (Wildman–Crippen LogP) is 3.77. The van der Waals surface area contributed by atoms with Crippen molar-refractivity contribution in [3.63, 3.8) is 0 Å². The topological polar surface area (TPSA) is 15.3 Å². The van der Waals surface area contributed by atoms with Gasteiger partial charge in [0.25, 0.3) is 0 Å². The molecule has 2 atom stereocenters. The lowest BCUT2D eigenvalue weighted by Crippen LogP contribution is -2.58. The number of piperazine rings is 1. The molecule has 0 radical (unpaired) electrons. The Kier molecular flexibility index (Phi) is 6.32. The van der Waals surface area contributed by atoms with Gasteiger partial charge < -0.3 is 5.32 Å². The van der Waals surface area contributed by atoms with E-state index < -0.39 is 0 Å². The van der Waals surface area contributed by atoms with E-state index in [1.54, 1.807) is 0 Å². The zero-order valence-corrected chi connectivity index (χ0v) is 14.3. The first-order valence-corrected chi connectivity index (χ1v) is 8.16. The summed E-state index contributed by atoms with van der Waals surface area (Å²) in [5.74, 6) is 1.53. The standard InChI is InChI=1S/C17H36N2/c1-13(2)10-15-12-19(9-8-17(5,6)7)16(11-18-15)14(3)4/h13-16,18H,8-12H2,1-7H3. The van der Waals surface area contributed by atoms with Crippen molar-refractivity contribution in [3.8, 4) is 0 Å². The minimum Gasteiger partial charge on any atom is -0.311 e. The summed E-state index contributed by atoms with van der Waals surface area (Å²) < 4.78 is 0. The van der Waals surface area contributed by atoms with Crippen LogP contribution in [0.3, 0.4) is 0 Å². The fraction of sp³-hybridized carbons (Fsp3) is 1.00. The second kappa shape index (κ2) is 7.08. The molecule has 1 fully saturated rings. The summed E-state index contributed by atoms with van der Waals surface area (Å²) in [6, 6.07) is 1.40. The van der Waals surface area contributed by atoms with Gasteiger partial charge in [-0.25, -0.2) is 0 Å². The first-order valence-electron chi connectivity index (χ1n) is 8.16. The lowest BCUT2D eigenvalue weighted by atomic mass is 9.90. The van der Waals surface area contributed by atoms with Crippen molar-refractivity contribution in [1.82, 2.24) is 10.2 Å². The Hall–Kier alpha value is -0.0800. The normalized spacial score (nSPS) is 26.4. The van der Waals surface area contributed by atoms with Crippen LogP contribution in [0.5, 0.6) is 0 Å². The van der Waals surface area contributed by atoms with Crippen molar-refractivity contribution >= 4 is 0 Å². The largest absolute Gasteiger partial charge is 0.311 e. The molecule has 1 aliphatic heterocycles. The number of hydrogen-bond acceptors (Lipinski definition) is 2. The quantitative estimate of drug-likeness (QED) is 0.816. The minimum atomic E-state index is 0.444. The molecule has 0 aromatic carbocycles. The summed E-state index contributed by atoms with van der Waals surface area (Å²) in [5, 5.41) is 3.77. The SMILES string of the molecule is CC(C)CC1CN(CCC(C)(C)C)C(C(C)C)CN1. The van der Waals surface area contributed by atoms with E-state index in [1.807, 2.05) is 0 Å². The lowest BCUT2D eigenvalue weighted by Gasteiger charge is -2.43. The first kappa shape index (κ1) is 17.0. The second-order valence-corrected chi connectivity index (χ2v) is 8.35. The molecule has 2 heteroatoms. The summed E-state index contributed by atoms with van der Waals surface area (Å²) >= 11 is 0. The molecule has 1 aliphatic rings. The van der Waals surface area contributed by atoms with Gasteiger partial charge in [-0.2, -0.15) is 0 Å². The highest BCUT2D eigenvalue weighted by atomic mass is 15.2. The minimum absolute atomic E-state index is 0.444. The van der Waals surface area contributed by atoms with Crippen molar-refractivity contribution in [3.05, 3.63) is 0 Å². The Bertz CT molecular complexity index is 252. The molecule has 0 aromatic rings. The van der Waals surface area contributed by atoms with Crippen molar-refractivity contribution in [1.29, 1.82) is 0 Å². The number of rotatable bonds is 5. The maximum absolute atomic E-state index is 3.77. The molecule has 2 unspecified atom stereocenters. The Balaban J connectivity index is 2.57. The van der Waals surface area contributed by atoms with Gasteiger partial charge in [-0.1, -0.05) is 48.5 Å². The highest BCUT2D eigenvalue weighted by Crippen LogP contribution is 2.23. The average Bonchev–Trinajstić information content (AvgIpc) is 2.24. The first-order chi connectivity index (χ1) is 8.69. The third kappa shape index (κ3) is 6.27.